The molecule has 1 saturated heterocycles. The van der Waals surface area contributed by atoms with Crippen LogP contribution >= 0.6 is 8.53 Å². The molecule has 0 radical (unpaired) electrons. The number of amides is 1. The molecule has 1 aliphatic heterocycles. The molecule has 6 rings (SSSR count). The zero-order chi connectivity index (χ0) is 45.3. The summed E-state index contributed by atoms with van der Waals surface area (Å²) in [4.78, 5) is 43.2. The SMILES string of the molecule is COc1ccc(C(=O)N(C)CCOP(O[C@H]2C[C@H](n3cc(C)c(=O)[nH]c3=O)O[C@@H]2COC(c2ccccc2)(c2ccc(OC)cc2)c2ccc(OC)cc2)N(C(C)C)C(C)C)cc1. The van der Waals surface area contributed by atoms with Gasteiger partial charge in [0.1, 0.15) is 35.2 Å². The van der Waals surface area contributed by atoms with E-state index in [0.717, 1.165) is 16.7 Å². The van der Waals surface area contributed by atoms with Crippen LogP contribution in [0.25, 0.3) is 0 Å². The van der Waals surface area contributed by atoms with Crippen LogP contribution in [0.4, 0.5) is 0 Å². The Balaban J connectivity index is 1.36. The number of ether oxygens (including phenoxy) is 5. The van der Waals surface area contributed by atoms with Crippen molar-refractivity contribution in [1.29, 1.82) is 0 Å². The monoisotopic (exact) mass is 882 g/mol. The van der Waals surface area contributed by atoms with Gasteiger partial charge in [0, 0.05) is 49.4 Å². The number of H-pyrrole nitrogens is 1. The number of aromatic amines is 1. The van der Waals surface area contributed by atoms with E-state index in [1.54, 1.807) is 64.5 Å². The molecule has 1 fully saturated rings. The van der Waals surface area contributed by atoms with Gasteiger partial charge in [-0.2, -0.15) is 0 Å². The lowest BCUT2D eigenvalue weighted by molar-refractivity contribution is -0.0926. The maximum Gasteiger partial charge on any atom is 0.330 e. The van der Waals surface area contributed by atoms with Gasteiger partial charge in [0.15, 0.2) is 0 Å². The first-order valence-electron chi connectivity index (χ1n) is 21.0. The summed E-state index contributed by atoms with van der Waals surface area (Å²) in [6, 6.07) is 32.5. The number of carbonyl (C=O) groups is 1. The Hall–Kier alpha value is -5.34. The highest BCUT2D eigenvalue weighted by Crippen LogP contribution is 2.50. The standard InChI is InChI=1S/C48H59N4O10P/c1-32(2)52(33(3)4)63(60-28-27-50(6)46(54)35-15-21-39(56-7)22-16-35)62-42-29-44(51-30-34(5)45(53)49-47(51)55)61-43(42)31-59-48(36-13-11-10-12-14-36,37-17-23-40(57-8)24-18-37)38-19-25-41(58-9)26-20-38/h10-26,30,32-33,42-44H,27-29,31H2,1-9H3,(H,49,53,55)/t42-,43+,44+,63?/m0/s1. The molecule has 1 aromatic heterocycles. The van der Waals surface area contributed by atoms with Crippen LogP contribution in [-0.4, -0.2) is 97.5 Å². The van der Waals surface area contributed by atoms with Gasteiger partial charge in [0.2, 0.25) is 0 Å². The summed E-state index contributed by atoms with van der Waals surface area (Å²) in [6.07, 6.45) is -0.442. The average Bonchev–Trinajstić information content (AvgIpc) is 3.69. The van der Waals surface area contributed by atoms with Gasteiger partial charge in [0.25, 0.3) is 20.0 Å². The summed E-state index contributed by atoms with van der Waals surface area (Å²) < 4.78 is 47.7. The molecule has 15 heteroatoms. The lowest BCUT2D eigenvalue weighted by atomic mass is 9.80. The number of hydrogen-bond acceptors (Lipinski definition) is 11. The van der Waals surface area contributed by atoms with E-state index in [1.165, 1.54) is 10.8 Å². The summed E-state index contributed by atoms with van der Waals surface area (Å²) in [5, 5.41) is 0. The Morgan fingerprint density at radius 1 is 0.810 bits per heavy atom. The third kappa shape index (κ3) is 10.9. The molecule has 0 aliphatic carbocycles. The third-order valence-corrected chi connectivity index (χ3v) is 13.2. The molecule has 1 unspecified atom stereocenters. The van der Waals surface area contributed by atoms with Crippen LogP contribution in [0, 0.1) is 6.92 Å². The third-order valence-electron chi connectivity index (χ3n) is 11.1. The number of nitrogens with one attached hydrogen (secondary N) is 1. The Morgan fingerprint density at radius 3 is 1.86 bits per heavy atom. The second-order valence-electron chi connectivity index (χ2n) is 15.9. The molecule has 4 aromatic carbocycles. The smallest absolute Gasteiger partial charge is 0.330 e. The van der Waals surface area contributed by atoms with Crippen molar-refractivity contribution in [3.8, 4) is 17.2 Å². The van der Waals surface area contributed by atoms with Crippen molar-refractivity contribution >= 4 is 14.4 Å². The molecule has 5 aromatic rings. The minimum atomic E-state index is -1.77. The van der Waals surface area contributed by atoms with Crippen molar-refractivity contribution in [3.63, 3.8) is 0 Å². The summed E-state index contributed by atoms with van der Waals surface area (Å²) in [6.45, 7) is 10.4. The lowest BCUT2D eigenvalue weighted by Gasteiger charge is -2.39. The summed E-state index contributed by atoms with van der Waals surface area (Å²) in [5.74, 6) is 1.89. The van der Waals surface area contributed by atoms with Crippen LogP contribution in [0.2, 0.25) is 0 Å². The first kappa shape index (κ1) is 47.1. The maximum absolute atomic E-state index is 13.4. The van der Waals surface area contributed by atoms with Gasteiger partial charge in [0.05, 0.1) is 40.6 Å². The van der Waals surface area contributed by atoms with Crippen molar-refractivity contribution < 1.29 is 37.5 Å². The minimum Gasteiger partial charge on any atom is -0.497 e. The Labute approximate surface area is 370 Å². The number of benzene rings is 4. The number of rotatable bonds is 20. The van der Waals surface area contributed by atoms with Gasteiger partial charge in [-0.15, -0.1) is 0 Å². The van der Waals surface area contributed by atoms with Crippen molar-refractivity contribution in [3.05, 3.63) is 158 Å². The van der Waals surface area contributed by atoms with Crippen molar-refractivity contribution in [2.75, 3.05) is 48.1 Å². The fourth-order valence-electron chi connectivity index (χ4n) is 7.77. The number of aromatic nitrogens is 2. The molecule has 0 bridgehead atoms. The quantitative estimate of drug-likeness (QED) is 0.0608. The molecule has 2 heterocycles. The molecule has 336 valence electrons. The second-order valence-corrected chi connectivity index (χ2v) is 17.3. The van der Waals surface area contributed by atoms with Crippen molar-refractivity contribution in [1.82, 2.24) is 19.1 Å². The van der Waals surface area contributed by atoms with E-state index in [2.05, 4.69) is 37.3 Å². The van der Waals surface area contributed by atoms with E-state index in [1.807, 2.05) is 78.9 Å². The highest BCUT2D eigenvalue weighted by atomic mass is 31.2. The molecule has 14 nitrogen and oxygen atoms in total. The van der Waals surface area contributed by atoms with Gasteiger partial charge in [-0.3, -0.25) is 19.1 Å². The predicted molar refractivity (Wildman–Crippen MR) is 243 cm³/mol. The van der Waals surface area contributed by atoms with Gasteiger partial charge < -0.3 is 37.6 Å². The Bertz CT molecular complexity index is 2300. The molecule has 0 saturated carbocycles. The molecule has 4 atom stereocenters. The maximum atomic E-state index is 13.4. The van der Waals surface area contributed by atoms with Crippen LogP contribution < -0.4 is 25.5 Å². The first-order valence-corrected chi connectivity index (χ1v) is 22.2. The van der Waals surface area contributed by atoms with Crippen LogP contribution in [0.5, 0.6) is 17.2 Å². The largest absolute Gasteiger partial charge is 0.497 e. The van der Waals surface area contributed by atoms with Crippen molar-refractivity contribution in [2.45, 2.75) is 77.2 Å². The van der Waals surface area contributed by atoms with Crippen LogP contribution in [-0.2, 0) is 24.1 Å². The number of nitrogens with zero attached hydrogens (tertiary/aromatic N) is 3. The van der Waals surface area contributed by atoms with Gasteiger partial charge in [-0.25, -0.2) is 9.46 Å². The van der Waals surface area contributed by atoms with E-state index < -0.39 is 43.8 Å². The van der Waals surface area contributed by atoms with E-state index in [9.17, 15) is 14.4 Å². The van der Waals surface area contributed by atoms with E-state index >= 15 is 0 Å². The van der Waals surface area contributed by atoms with E-state index in [4.69, 9.17) is 32.7 Å². The van der Waals surface area contributed by atoms with E-state index in [-0.39, 0.29) is 37.6 Å². The minimum absolute atomic E-state index is 0.0108. The molecule has 1 aliphatic rings. The molecule has 1 amide bonds. The van der Waals surface area contributed by atoms with E-state index in [0.29, 0.717) is 34.9 Å². The highest BCUT2D eigenvalue weighted by Gasteiger charge is 2.45. The topological polar surface area (TPSA) is 143 Å². The lowest BCUT2D eigenvalue weighted by Crippen LogP contribution is -2.40. The number of likely N-dealkylation sites (N-methyl/N-ethyl adjacent to an activating group) is 1. The Kier molecular flexibility index (Phi) is 16.0. The highest BCUT2D eigenvalue weighted by molar-refractivity contribution is 7.44. The van der Waals surface area contributed by atoms with Crippen molar-refractivity contribution in [2.24, 2.45) is 0 Å². The molecule has 0 spiro atoms. The molecule has 63 heavy (non-hydrogen) atoms. The van der Waals surface area contributed by atoms with Gasteiger partial charge in [-0.05, 0) is 99.8 Å². The van der Waals surface area contributed by atoms with Gasteiger partial charge >= 0.3 is 5.69 Å². The zero-order valence-corrected chi connectivity index (χ0v) is 38.4. The number of aryl methyl sites for hydroxylation is 1. The Morgan fingerprint density at radius 2 is 1.33 bits per heavy atom. The normalized spacial score (nSPS) is 17.0. The average molecular weight is 883 g/mol. The number of carbonyl (C=O) groups excluding carboxylic acids is 1. The molecular weight excluding hydrogens is 824 g/mol. The number of methoxy groups -OCH3 is 3. The van der Waals surface area contributed by atoms with Crippen LogP contribution in [0.15, 0.2) is 119 Å². The van der Waals surface area contributed by atoms with Crippen LogP contribution in [0.1, 0.15) is 73.0 Å². The first-order chi connectivity index (χ1) is 30.3. The second kappa shape index (κ2) is 21.4. The summed E-state index contributed by atoms with van der Waals surface area (Å²) in [7, 11) is 4.80. The number of hydrogen-bond donors (Lipinski definition) is 1. The molecular formula is C48H59N4O10P. The molecule has 1 N–H and O–H groups in total. The fourth-order valence-corrected chi connectivity index (χ4v) is 9.51. The summed E-state index contributed by atoms with van der Waals surface area (Å²) in [5.41, 5.74) is 1.20. The van der Waals surface area contributed by atoms with Gasteiger partial charge in [-0.1, -0.05) is 54.6 Å². The summed E-state index contributed by atoms with van der Waals surface area (Å²) >= 11 is 0. The predicted octanol–water partition coefficient (Wildman–Crippen LogP) is 7.69. The van der Waals surface area contributed by atoms with Crippen LogP contribution in [0.3, 0.4) is 0 Å². The zero-order valence-electron chi connectivity index (χ0n) is 37.5. The fraction of sp³-hybridized carbons (Fsp3) is 0.396.